The maximum atomic E-state index is 12.3. The molecule has 0 aliphatic heterocycles. The van der Waals surface area contributed by atoms with Gasteiger partial charge in [-0.25, -0.2) is 4.79 Å². The summed E-state index contributed by atoms with van der Waals surface area (Å²) >= 11 is 0. The number of urea groups is 1. The summed E-state index contributed by atoms with van der Waals surface area (Å²) in [5.41, 5.74) is 5.48. The first kappa shape index (κ1) is 17.1. The van der Waals surface area contributed by atoms with E-state index in [1.165, 1.54) is 11.1 Å². The molecule has 2 amide bonds. The number of carbonyl (C=O) groups excluding carboxylic acids is 1. The Labute approximate surface area is 138 Å². The third-order valence-corrected chi connectivity index (χ3v) is 4.11. The molecule has 1 heterocycles. The largest absolute Gasteiger partial charge is 0.332 e. The van der Waals surface area contributed by atoms with E-state index in [4.69, 9.17) is 0 Å². The van der Waals surface area contributed by atoms with Crippen LogP contribution in [0.2, 0.25) is 0 Å². The van der Waals surface area contributed by atoms with E-state index >= 15 is 0 Å². The van der Waals surface area contributed by atoms with Crippen LogP contribution in [-0.4, -0.2) is 15.8 Å². The summed E-state index contributed by atoms with van der Waals surface area (Å²) in [4.78, 5) is 12.3. The molecule has 0 spiro atoms. The van der Waals surface area contributed by atoms with Gasteiger partial charge in [-0.15, -0.1) is 0 Å². The Morgan fingerprint density at radius 1 is 1.09 bits per heavy atom. The fourth-order valence-corrected chi connectivity index (χ4v) is 2.86. The Balaban J connectivity index is 2.01. The molecule has 0 bridgehead atoms. The van der Waals surface area contributed by atoms with Crippen molar-refractivity contribution in [3.8, 4) is 0 Å². The summed E-state index contributed by atoms with van der Waals surface area (Å²) in [6.07, 6.45) is 1.94. The minimum atomic E-state index is -0.172. The zero-order chi connectivity index (χ0) is 17.1. The minimum absolute atomic E-state index is 0.0444. The van der Waals surface area contributed by atoms with Crippen molar-refractivity contribution in [3.05, 3.63) is 52.3 Å². The number of nitrogens with one attached hydrogen (secondary N) is 2. The van der Waals surface area contributed by atoms with Crippen molar-refractivity contribution in [2.24, 2.45) is 7.05 Å². The van der Waals surface area contributed by atoms with Crippen molar-refractivity contribution in [3.63, 3.8) is 0 Å². The topological polar surface area (TPSA) is 59.0 Å². The summed E-state index contributed by atoms with van der Waals surface area (Å²) in [7, 11) is 1.88. The third kappa shape index (κ3) is 4.12. The van der Waals surface area contributed by atoms with Crippen LogP contribution in [0.3, 0.4) is 0 Å². The fraction of sp³-hybridized carbons (Fsp3) is 0.444. The lowest BCUT2D eigenvalue weighted by atomic mass is 10.0. The first-order valence-corrected chi connectivity index (χ1v) is 7.92. The SMILES string of the molecule is Cc1ccc(C)c([C@H](C)NC(=O)N[C@H](C)c2cn(C)nc2C)c1. The predicted molar refractivity (Wildman–Crippen MR) is 92.4 cm³/mol. The Hall–Kier alpha value is -2.30. The van der Waals surface area contributed by atoms with E-state index in [1.54, 1.807) is 4.68 Å². The average molecular weight is 314 g/mol. The molecule has 1 aromatic heterocycles. The van der Waals surface area contributed by atoms with Gasteiger partial charge in [-0.2, -0.15) is 5.10 Å². The van der Waals surface area contributed by atoms with E-state index in [-0.39, 0.29) is 18.1 Å². The number of amides is 2. The second-order valence-electron chi connectivity index (χ2n) is 6.26. The van der Waals surface area contributed by atoms with Gasteiger partial charge in [-0.1, -0.05) is 23.8 Å². The monoisotopic (exact) mass is 314 g/mol. The Morgan fingerprint density at radius 3 is 2.26 bits per heavy atom. The fourth-order valence-electron chi connectivity index (χ4n) is 2.86. The second kappa shape index (κ2) is 6.86. The smallest absolute Gasteiger partial charge is 0.315 e. The Morgan fingerprint density at radius 2 is 1.70 bits per heavy atom. The molecule has 0 saturated heterocycles. The normalized spacial score (nSPS) is 13.5. The zero-order valence-corrected chi connectivity index (χ0v) is 14.8. The van der Waals surface area contributed by atoms with Crippen LogP contribution < -0.4 is 10.6 Å². The molecule has 2 atom stereocenters. The van der Waals surface area contributed by atoms with Crippen molar-refractivity contribution in [2.75, 3.05) is 0 Å². The van der Waals surface area contributed by atoms with E-state index in [9.17, 15) is 4.79 Å². The molecule has 0 fully saturated rings. The van der Waals surface area contributed by atoms with E-state index < -0.39 is 0 Å². The second-order valence-corrected chi connectivity index (χ2v) is 6.26. The number of hydrogen-bond acceptors (Lipinski definition) is 2. The lowest BCUT2D eigenvalue weighted by Gasteiger charge is -2.20. The predicted octanol–water partition coefficient (Wildman–Crippen LogP) is 3.47. The van der Waals surface area contributed by atoms with Gasteiger partial charge in [0.1, 0.15) is 0 Å². The van der Waals surface area contributed by atoms with Gasteiger partial charge < -0.3 is 10.6 Å². The first-order valence-electron chi connectivity index (χ1n) is 7.92. The van der Waals surface area contributed by atoms with Crippen LogP contribution in [0.25, 0.3) is 0 Å². The molecule has 0 radical (unpaired) electrons. The van der Waals surface area contributed by atoms with Gasteiger partial charge in [-0.05, 0) is 45.7 Å². The number of nitrogens with zero attached hydrogens (tertiary/aromatic N) is 2. The summed E-state index contributed by atoms with van der Waals surface area (Å²) in [5.74, 6) is 0. The number of benzene rings is 1. The van der Waals surface area contributed by atoms with Gasteiger partial charge in [-0.3, -0.25) is 4.68 Å². The lowest BCUT2D eigenvalue weighted by molar-refractivity contribution is 0.235. The van der Waals surface area contributed by atoms with Crippen molar-refractivity contribution < 1.29 is 4.79 Å². The minimum Gasteiger partial charge on any atom is -0.332 e. The summed E-state index contributed by atoms with van der Waals surface area (Å²) in [6, 6.07) is 5.98. The highest BCUT2D eigenvalue weighted by Gasteiger charge is 2.16. The number of aromatic nitrogens is 2. The van der Waals surface area contributed by atoms with Crippen LogP contribution >= 0.6 is 0 Å². The molecular weight excluding hydrogens is 288 g/mol. The van der Waals surface area contributed by atoms with Crippen LogP contribution in [0.4, 0.5) is 4.79 Å². The van der Waals surface area contributed by atoms with Gasteiger partial charge >= 0.3 is 6.03 Å². The van der Waals surface area contributed by atoms with Crippen LogP contribution in [0, 0.1) is 20.8 Å². The lowest BCUT2D eigenvalue weighted by Crippen LogP contribution is -2.38. The van der Waals surface area contributed by atoms with Gasteiger partial charge in [0.05, 0.1) is 17.8 Å². The van der Waals surface area contributed by atoms with E-state index in [1.807, 2.05) is 34.0 Å². The molecule has 2 aromatic rings. The van der Waals surface area contributed by atoms with Crippen molar-refractivity contribution in [1.82, 2.24) is 20.4 Å². The molecule has 0 aliphatic carbocycles. The van der Waals surface area contributed by atoms with Crippen LogP contribution in [0.5, 0.6) is 0 Å². The molecule has 0 unspecified atom stereocenters. The number of hydrogen-bond donors (Lipinski definition) is 2. The van der Waals surface area contributed by atoms with Gasteiger partial charge in [0.15, 0.2) is 0 Å². The molecule has 23 heavy (non-hydrogen) atoms. The average Bonchev–Trinajstić information content (AvgIpc) is 2.80. The van der Waals surface area contributed by atoms with Gasteiger partial charge in [0, 0.05) is 18.8 Å². The summed E-state index contributed by atoms with van der Waals surface area (Å²) < 4.78 is 1.76. The first-order chi connectivity index (χ1) is 10.8. The molecule has 0 aliphatic rings. The van der Waals surface area contributed by atoms with Crippen molar-refractivity contribution >= 4 is 6.03 Å². The molecular formula is C18H26N4O. The molecule has 2 N–H and O–H groups in total. The summed E-state index contributed by atoms with van der Waals surface area (Å²) in [5, 5.41) is 10.3. The van der Waals surface area contributed by atoms with E-state index in [2.05, 4.69) is 47.8 Å². The van der Waals surface area contributed by atoms with E-state index in [0.29, 0.717) is 0 Å². The highest BCUT2D eigenvalue weighted by molar-refractivity contribution is 5.75. The van der Waals surface area contributed by atoms with Gasteiger partial charge in [0.2, 0.25) is 0 Å². The molecule has 5 nitrogen and oxygen atoms in total. The maximum absolute atomic E-state index is 12.3. The van der Waals surface area contributed by atoms with Crippen LogP contribution in [0.1, 0.15) is 53.9 Å². The highest BCUT2D eigenvalue weighted by Crippen LogP contribution is 2.19. The Kier molecular flexibility index (Phi) is 5.08. The zero-order valence-electron chi connectivity index (χ0n) is 14.8. The summed E-state index contributed by atoms with van der Waals surface area (Å²) in [6.45, 7) is 10.0. The van der Waals surface area contributed by atoms with Crippen LogP contribution in [-0.2, 0) is 7.05 Å². The van der Waals surface area contributed by atoms with Crippen molar-refractivity contribution in [2.45, 2.75) is 46.7 Å². The standard InChI is InChI=1S/C18H26N4O/c1-11-7-8-12(2)16(9-11)13(3)19-18(23)20-14(4)17-10-22(6)21-15(17)5/h7-10,13-14H,1-6H3,(H2,19,20,23)/t13-,14+/m0/s1. The number of aryl methyl sites for hydroxylation is 4. The molecule has 124 valence electrons. The maximum Gasteiger partial charge on any atom is 0.315 e. The molecule has 2 rings (SSSR count). The van der Waals surface area contributed by atoms with Crippen LogP contribution in [0.15, 0.2) is 24.4 Å². The third-order valence-electron chi connectivity index (χ3n) is 4.11. The quantitative estimate of drug-likeness (QED) is 0.908. The molecule has 5 heteroatoms. The molecule has 0 saturated carbocycles. The Bertz CT molecular complexity index is 705. The van der Waals surface area contributed by atoms with E-state index in [0.717, 1.165) is 16.8 Å². The number of rotatable bonds is 4. The molecule has 1 aromatic carbocycles. The number of carbonyl (C=O) groups is 1. The van der Waals surface area contributed by atoms with Crippen molar-refractivity contribution in [1.29, 1.82) is 0 Å². The highest BCUT2D eigenvalue weighted by atomic mass is 16.2. The van der Waals surface area contributed by atoms with Gasteiger partial charge in [0.25, 0.3) is 0 Å².